The molecule has 0 atom stereocenters. The lowest BCUT2D eigenvalue weighted by atomic mass is 10.1. The van der Waals surface area contributed by atoms with Crippen molar-refractivity contribution >= 4 is 52.2 Å². The van der Waals surface area contributed by atoms with Gasteiger partial charge in [0, 0.05) is 28.6 Å². The normalized spacial score (nSPS) is 13.7. The zero-order valence-corrected chi connectivity index (χ0v) is 16.7. The quantitative estimate of drug-likeness (QED) is 0.475. The number of rotatable bonds is 7. The Morgan fingerprint density at radius 3 is 2.78 bits per heavy atom. The largest absolute Gasteiger partial charge is 0.489 e. The molecule has 1 amide bonds. The number of carbonyl (C=O) groups is 1. The zero-order chi connectivity index (χ0) is 19.4. The average Bonchev–Trinajstić information content (AvgIpc) is 2.89. The van der Waals surface area contributed by atoms with Crippen molar-refractivity contribution in [3.63, 3.8) is 0 Å². The molecular formula is C20H16Cl2N2O2S. The lowest BCUT2D eigenvalue weighted by Crippen LogP contribution is -2.33. The number of benzene rings is 2. The monoisotopic (exact) mass is 418 g/mol. The molecule has 2 aromatic carbocycles. The van der Waals surface area contributed by atoms with Gasteiger partial charge in [0.15, 0.2) is 0 Å². The summed E-state index contributed by atoms with van der Waals surface area (Å²) < 4.78 is 5.82. The van der Waals surface area contributed by atoms with Crippen molar-refractivity contribution in [2.45, 2.75) is 13.0 Å². The van der Waals surface area contributed by atoms with E-state index in [1.54, 1.807) is 18.2 Å². The summed E-state index contributed by atoms with van der Waals surface area (Å²) >= 11 is 17.2. The molecule has 7 heteroatoms. The Balaban J connectivity index is 1.67. The summed E-state index contributed by atoms with van der Waals surface area (Å²) in [6.45, 7) is 4.31. The first-order chi connectivity index (χ1) is 13.0. The maximum atomic E-state index is 12.4. The highest BCUT2D eigenvalue weighted by atomic mass is 35.5. The molecule has 0 N–H and O–H groups in total. The van der Waals surface area contributed by atoms with Gasteiger partial charge < -0.3 is 4.74 Å². The molecule has 27 heavy (non-hydrogen) atoms. The van der Waals surface area contributed by atoms with E-state index in [2.05, 4.69) is 11.6 Å². The van der Waals surface area contributed by atoms with E-state index in [4.69, 9.17) is 40.2 Å². The Kier molecular flexibility index (Phi) is 6.26. The van der Waals surface area contributed by atoms with Crippen molar-refractivity contribution in [2.75, 3.05) is 6.54 Å². The molecule has 0 saturated heterocycles. The molecule has 0 radical (unpaired) electrons. The Morgan fingerprint density at radius 1 is 1.22 bits per heavy atom. The van der Waals surface area contributed by atoms with Crippen LogP contribution in [0.3, 0.4) is 0 Å². The summed E-state index contributed by atoms with van der Waals surface area (Å²) in [5, 5.41) is 1.41. The Labute approximate surface area is 173 Å². The fraction of sp³-hybridized carbons (Fsp3) is 0.150. The van der Waals surface area contributed by atoms with Crippen LogP contribution in [-0.4, -0.2) is 28.2 Å². The van der Waals surface area contributed by atoms with Gasteiger partial charge in [0.1, 0.15) is 18.1 Å². The van der Waals surface area contributed by atoms with Crippen LogP contribution in [0.2, 0.25) is 10.0 Å². The number of aliphatic imine (C=N–C) groups is 1. The predicted molar refractivity (Wildman–Crippen MR) is 113 cm³/mol. The maximum absolute atomic E-state index is 12.4. The maximum Gasteiger partial charge on any atom is 0.275 e. The fourth-order valence-electron chi connectivity index (χ4n) is 2.61. The molecule has 1 heterocycles. The highest BCUT2D eigenvalue weighted by Crippen LogP contribution is 2.23. The fourth-order valence-corrected chi connectivity index (χ4v) is 3.34. The van der Waals surface area contributed by atoms with Crippen molar-refractivity contribution in [2.24, 2.45) is 4.99 Å². The van der Waals surface area contributed by atoms with E-state index < -0.39 is 0 Å². The molecule has 0 aromatic heterocycles. The van der Waals surface area contributed by atoms with Crippen LogP contribution < -0.4 is 4.74 Å². The number of nitrogens with zero attached hydrogens (tertiary/aromatic N) is 2. The van der Waals surface area contributed by atoms with Gasteiger partial charge in [-0.05, 0) is 42.0 Å². The molecule has 3 rings (SSSR count). The second-order valence-electron chi connectivity index (χ2n) is 5.89. The molecule has 4 nitrogen and oxygen atoms in total. The van der Waals surface area contributed by atoms with Crippen LogP contribution in [0.4, 0.5) is 0 Å². The lowest BCUT2D eigenvalue weighted by molar-refractivity contribution is -0.119. The third-order valence-electron chi connectivity index (χ3n) is 3.94. The van der Waals surface area contributed by atoms with E-state index in [1.165, 1.54) is 4.90 Å². The van der Waals surface area contributed by atoms with Gasteiger partial charge in [0.05, 0.1) is 0 Å². The summed E-state index contributed by atoms with van der Waals surface area (Å²) in [5.41, 5.74) is 2.16. The number of carbonyl (C=O) groups excluding carboxylic acids is 1. The standard InChI is InChI=1S/C20H16Cl2N2O2S/c1-2-8-24-19(25)18(23-20(24)27)10-13-4-3-5-16(9-13)26-12-14-6-7-15(21)11-17(14)22/h2-7,9,11H,1,8,10,12H2. The smallest absolute Gasteiger partial charge is 0.275 e. The third-order valence-corrected chi connectivity index (χ3v) is 4.84. The lowest BCUT2D eigenvalue weighted by Gasteiger charge is -2.12. The van der Waals surface area contributed by atoms with Crippen LogP contribution in [0.25, 0.3) is 0 Å². The summed E-state index contributed by atoms with van der Waals surface area (Å²) in [5.74, 6) is 0.495. The van der Waals surface area contributed by atoms with Gasteiger partial charge in [-0.1, -0.05) is 47.5 Å². The molecule has 0 spiro atoms. The van der Waals surface area contributed by atoms with Gasteiger partial charge in [-0.3, -0.25) is 9.69 Å². The predicted octanol–water partition coefficient (Wildman–Crippen LogP) is 4.87. The molecule has 1 aliphatic heterocycles. The molecule has 0 unspecified atom stereocenters. The molecule has 0 aliphatic carbocycles. The van der Waals surface area contributed by atoms with Gasteiger partial charge >= 0.3 is 0 Å². The first-order valence-corrected chi connectivity index (χ1v) is 9.34. The highest BCUT2D eigenvalue weighted by molar-refractivity contribution is 7.80. The van der Waals surface area contributed by atoms with Crippen LogP contribution in [-0.2, 0) is 17.8 Å². The molecule has 1 aliphatic rings. The molecule has 0 fully saturated rings. The van der Waals surface area contributed by atoms with Crippen LogP contribution in [0.5, 0.6) is 5.75 Å². The number of ether oxygens (including phenoxy) is 1. The SMILES string of the molecule is C=CCN1C(=O)C(Cc2cccc(OCc3ccc(Cl)cc3Cl)c2)=NC1=S. The van der Waals surface area contributed by atoms with Crippen molar-refractivity contribution in [1.29, 1.82) is 0 Å². The first-order valence-electron chi connectivity index (χ1n) is 8.18. The van der Waals surface area contributed by atoms with Crippen LogP contribution in [0, 0.1) is 0 Å². The minimum atomic E-state index is -0.181. The van der Waals surface area contributed by atoms with Crippen LogP contribution in [0.1, 0.15) is 11.1 Å². The number of amides is 1. The van der Waals surface area contributed by atoms with E-state index in [1.807, 2.05) is 30.3 Å². The van der Waals surface area contributed by atoms with E-state index in [0.717, 1.165) is 11.1 Å². The summed E-state index contributed by atoms with van der Waals surface area (Å²) in [4.78, 5) is 18.0. The van der Waals surface area contributed by atoms with Crippen LogP contribution in [0.15, 0.2) is 60.1 Å². The van der Waals surface area contributed by atoms with Gasteiger partial charge in [-0.25, -0.2) is 4.99 Å². The molecule has 2 aromatic rings. The minimum absolute atomic E-state index is 0.181. The van der Waals surface area contributed by atoms with E-state index in [9.17, 15) is 4.79 Å². The minimum Gasteiger partial charge on any atom is -0.489 e. The van der Waals surface area contributed by atoms with Crippen molar-refractivity contribution < 1.29 is 9.53 Å². The highest BCUT2D eigenvalue weighted by Gasteiger charge is 2.29. The molecule has 0 saturated carbocycles. The van der Waals surface area contributed by atoms with Gasteiger partial charge in [-0.15, -0.1) is 6.58 Å². The van der Waals surface area contributed by atoms with E-state index in [0.29, 0.717) is 41.1 Å². The van der Waals surface area contributed by atoms with Gasteiger partial charge in [0.2, 0.25) is 5.11 Å². The van der Waals surface area contributed by atoms with E-state index >= 15 is 0 Å². The second kappa shape index (κ2) is 8.65. The van der Waals surface area contributed by atoms with Gasteiger partial charge in [-0.2, -0.15) is 0 Å². The van der Waals surface area contributed by atoms with Crippen molar-refractivity contribution in [3.05, 3.63) is 76.3 Å². The second-order valence-corrected chi connectivity index (χ2v) is 7.10. The number of thiocarbonyl (C=S) groups is 1. The zero-order valence-electron chi connectivity index (χ0n) is 14.3. The number of halogens is 2. The Morgan fingerprint density at radius 2 is 2.04 bits per heavy atom. The molecular weight excluding hydrogens is 403 g/mol. The average molecular weight is 419 g/mol. The van der Waals surface area contributed by atoms with E-state index in [-0.39, 0.29) is 11.0 Å². The van der Waals surface area contributed by atoms with Crippen LogP contribution >= 0.6 is 35.4 Å². The first kappa shape index (κ1) is 19.5. The van der Waals surface area contributed by atoms with Crippen molar-refractivity contribution in [3.8, 4) is 5.75 Å². The van der Waals surface area contributed by atoms with Gasteiger partial charge in [0.25, 0.3) is 5.91 Å². The van der Waals surface area contributed by atoms with Crippen molar-refractivity contribution in [1.82, 2.24) is 4.90 Å². The molecule has 0 bridgehead atoms. The summed E-state index contributed by atoms with van der Waals surface area (Å²) in [6.07, 6.45) is 2.00. The Hall–Kier alpha value is -2.21. The number of hydrogen-bond acceptors (Lipinski definition) is 3. The third kappa shape index (κ3) is 4.75. The topological polar surface area (TPSA) is 41.9 Å². The Bertz CT molecular complexity index is 943. The molecule has 138 valence electrons. The summed E-state index contributed by atoms with van der Waals surface area (Å²) in [7, 11) is 0. The summed E-state index contributed by atoms with van der Waals surface area (Å²) in [6, 6.07) is 12.8. The number of hydrogen-bond donors (Lipinski definition) is 0.